The summed E-state index contributed by atoms with van der Waals surface area (Å²) >= 11 is 0. The zero-order valence-electron chi connectivity index (χ0n) is 11.3. The molecule has 5 nitrogen and oxygen atoms in total. The molecule has 19 heavy (non-hydrogen) atoms. The third kappa shape index (κ3) is 4.23. The molecule has 0 aliphatic rings. The Morgan fingerprint density at radius 2 is 2.00 bits per heavy atom. The molecule has 0 unspecified atom stereocenters. The summed E-state index contributed by atoms with van der Waals surface area (Å²) < 4.78 is 30.6. The van der Waals surface area contributed by atoms with Crippen molar-refractivity contribution in [3.63, 3.8) is 0 Å². The van der Waals surface area contributed by atoms with Crippen molar-refractivity contribution >= 4 is 15.7 Å². The summed E-state index contributed by atoms with van der Waals surface area (Å²) in [6.45, 7) is 3.84. The van der Waals surface area contributed by atoms with Crippen LogP contribution in [0, 0.1) is 11.3 Å². The molecule has 0 atom stereocenters. The highest BCUT2D eigenvalue weighted by molar-refractivity contribution is 7.92. The van der Waals surface area contributed by atoms with Crippen LogP contribution in [-0.4, -0.2) is 33.9 Å². The molecule has 1 rings (SSSR count). The summed E-state index contributed by atoms with van der Waals surface area (Å²) in [5.41, 5.74) is 0.716. The lowest BCUT2D eigenvalue weighted by atomic mass is 10.2. The van der Waals surface area contributed by atoms with Crippen molar-refractivity contribution < 1.29 is 13.2 Å². The van der Waals surface area contributed by atoms with E-state index >= 15 is 0 Å². The van der Waals surface area contributed by atoms with Gasteiger partial charge in [-0.05, 0) is 26.0 Å². The van der Waals surface area contributed by atoms with E-state index in [9.17, 15) is 8.42 Å². The van der Waals surface area contributed by atoms with Crippen LogP contribution in [0.25, 0.3) is 0 Å². The third-order valence-corrected chi connectivity index (χ3v) is 4.29. The number of benzene rings is 1. The molecular formula is C13H18N2O3S. The molecule has 104 valence electrons. The maximum atomic E-state index is 12.1. The van der Waals surface area contributed by atoms with Crippen LogP contribution in [0.1, 0.15) is 19.4 Å². The van der Waals surface area contributed by atoms with Crippen molar-refractivity contribution in [3.05, 3.63) is 29.8 Å². The molecule has 1 aromatic rings. The number of hydrogen-bond acceptors (Lipinski definition) is 4. The molecule has 0 N–H and O–H groups in total. The third-order valence-electron chi connectivity index (χ3n) is 2.57. The van der Waals surface area contributed by atoms with Gasteiger partial charge in [0, 0.05) is 7.05 Å². The fraction of sp³-hybridized carbons (Fsp3) is 0.462. The zero-order chi connectivity index (χ0) is 14.5. The van der Waals surface area contributed by atoms with Crippen LogP contribution in [0.5, 0.6) is 0 Å². The van der Waals surface area contributed by atoms with E-state index in [4.69, 9.17) is 10.00 Å². The van der Waals surface area contributed by atoms with E-state index in [0.717, 1.165) is 4.31 Å². The van der Waals surface area contributed by atoms with Gasteiger partial charge in [-0.3, -0.25) is 4.31 Å². The Balaban J connectivity index is 2.87. The maximum absolute atomic E-state index is 12.1. The molecule has 0 amide bonds. The summed E-state index contributed by atoms with van der Waals surface area (Å²) in [6, 6.07) is 8.59. The number of hydrogen-bond donors (Lipinski definition) is 0. The first-order valence-corrected chi connectivity index (χ1v) is 7.56. The fourth-order valence-electron chi connectivity index (χ4n) is 1.52. The minimum absolute atomic E-state index is 0.00750. The topological polar surface area (TPSA) is 70.4 Å². The molecule has 0 spiro atoms. The molecule has 0 saturated heterocycles. The Kier molecular flexibility index (Phi) is 5.33. The fourth-order valence-corrected chi connectivity index (χ4v) is 2.56. The van der Waals surface area contributed by atoms with Crippen molar-refractivity contribution in [2.24, 2.45) is 0 Å². The number of sulfonamides is 1. The molecule has 0 saturated carbocycles. The second-order valence-electron chi connectivity index (χ2n) is 4.33. The van der Waals surface area contributed by atoms with E-state index in [1.807, 2.05) is 19.9 Å². The van der Waals surface area contributed by atoms with Gasteiger partial charge in [0.05, 0.1) is 29.7 Å². The summed E-state index contributed by atoms with van der Waals surface area (Å²) in [7, 11) is -2.04. The van der Waals surface area contributed by atoms with Gasteiger partial charge >= 0.3 is 0 Å². The van der Waals surface area contributed by atoms with E-state index in [0.29, 0.717) is 11.3 Å². The van der Waals surface area contributed by atoms with E-state index in [-0.39, 0.29) is 18.5 Å². The van der Waals surface area contributed by atoms with Gasteiger partial charge in [-0.25, -0.2) is 8.42 Å². The lowest BCUT2D eigenvalue weighted by molar-refractivity contribution is 0.0912. The Hall–Kier alpha value is -1.58. The second-order valence-corrected chi connectivity index (χ2v) is 6.45. The number of anilines is 1. The number of nitriles is 1. The van der Waals surface area contributed by atoms with Crippen molar-refractivity contribution in [1.82, 2.24) is 0 Å². The first kappa shape index (κ1) is 15.5. The molecule has 0 radical (unpaired) electrons. The maximum Gasteiger partial charge on any atom is 0.237 e. The predicted octanol–water partition coefficient (Wildman–Crippen LogP) is 1.75. The quantitative estimate of drug-likeness (QED) is 0.797. The Morgan fingerprint density at radius 3 is 2.58 bits per heavy atom. The van der Waals surface area contributed by atoms with E-state index in [1.54, 1.807) is 24.3 Å². The van der Waals surface area contributed by atoms with Crippen molar-refractivity contribution in [2.45, 2.75) is 20.0 Å². The summed E-state index contributed by atoms with van der Waals surface area (Å²) in [6.07, 6.45) is -0.00750. The van der Waals surface area contributed by atoms with Crippen LogP contribution in [0.4, 0.5) is 5.69 Å². The van der Waals surface area contributed by atoms with Crippen molar-refractivity contribution in [3.8, 4) is 6.07 Å². The van der Waals surface area contributed by atoms with Crippen LogP contribution >= 0.6 is 0 Å². The molecular weight excluding hydrogens is 264 g/mol. The molecule has 0 aliphatic heterocycles. The van der Waals surface area contributed by atoms with Crippen molar-refractivity contribution in [2.75, 3.05) is 23.7 Å². The Morgan fingerprint density at radius 1 is 1.37 bits per heavy atom. The zero-order valence-corrected chi connectivity index (χ0v) is 12.1. The van der Waals surface area contributed by atoms with Gasteiger partial charge in [-0.1, -0.05) is 12.1 Å². The lowest BCUT2D eigenvalue weighted by Gasteiger charge is -2.20. The monoisotopic (exact) mass is 282 g/mol. The van der Waals surface area contributed by atoms with Gasteiger partial charge in [0.1, 0.15) is 6.07 Å². The summed E-state index contributed by atoms with van der Waals surface area (Å²) in [5.74, 6) is -0.110. The van der Waals surface area contributed by atoms with Crippen LogP contribution in [-0.2, 0) is 14.8 Å². The highest BCUT2D eigenvalue weighted by atomic mass is 32.2. The molecule has 0 aromatic heterocycles. The first-order chi connectivity index (χ1) is 8.88. The molecule has 1 aromatic carbocycles. The molecule has 0 bridgehead atoms. The van der Waals surface area contributed by atoms with Crippen LogP contribution < -0.4 is 4.31 Å². The smallest absolute Gasteiger partial charge is 0.237 e. The van der Waals surface area contributed by atoms with Gasteiger partial charge < -0.3 is 4.74 Å². The number of nitrogens with zero attached hydrogens (tertiary/aromatic N) is 2. The molecule has 0 aliphatic carbocycles. The average Bonchev–Trinajstić information content (AvgIpc) is 2.37. The van der Waals surface area contributed by atoms with Gasteiger partial charge in [0.15, 0.2) is 0 Å². The average molecular weight is 282 g/mol. The van der Waals surface area contributed by atoms with Gasteiger partial charge in [0.25, 0.3) is 0 Å². The molecule has 0 heterocycles. The Labute approximate surface area is 114 Å². The van der Waals surface area contributed by atoms with Gasteiger partial charge in [-0.2, -0.15) is 5.26 Å². The first-order valence-electron chi connectivity index (χ1n) is 5.96. The summed E-state index contributed by atoms with van der Waals surface area (Å²) in [5, 5.41) is 8.99. The van der Waals surface area contributed by atoms with Crippen molar-refractivity contribution in [1.29, 1.82) is 5.26 Å². The largest absolute Gasteiger partial charge is 0.378 e. The standard InChI is InChI=1S/C13H18N2O3S/c1-11(2)18-8-9-19(16,17)15(3)13-7-5-4-6-12(13)10-14/h4-7,11H,8-9H2,1-3H3. The second kappa shape index (κ2) is 6.55. The van der Waals surface area contributed by atoms with E-state index in [2.05, 4.69) is 0 Å². The predicted molar refractivity (Wildman–Crippen MR) is 74.4 cm³/mol. The van der Waals surface area contributed by atoms with Crippen LogP contribution in [0.3, 0.4) is 0 Å². The number of ether oxygens (including phenoxy) is 1. The molecule has 6 heteroatoms. The number of rotatable bonds is 6. The Bertz CT molecular complexity index is 561. The van der Waals surface area contributed by atoms with E-state index in [1.165, 1.54) is 7.05 Å². The number of para-hydroxylation sites is 1. The minimum atomic E-state index is -3.48. The molecule has 0 fully saturated rings. The SMILES string of the molecule is CC(C)OCCS(=O)(=O)N(C)c1ccccc1C#N. The summed E-state index contributed by atoms with van der Waals surface area (Å²) in [4.78, 5) is 0. The van der Waals surface area contributed by atoms with Gasteiger partial charge in [-0.15, -0.1) is 0 Å². The van der Waals surface area contributed by atoms with Gasteiger partial charge in [0.2, 0.25) is 10.0 Å². The minimum Gasteiger partial charge on any atom is -0.378 e. The lowest BCUT2D eigenvalue weighted by Crippen LogP contribution is -2.31. The normalized spacial score (nSPS) is 11.3. The van der Waals surface area contributed by atoms with E-state index < -0.39 is 10.0 Å². The highest BCUT2D eigenvalue weighted by Crippen LogP contribution is 2.21. The van der Waals surface area contributed by atoms with Crippen LogP contribution in [0.2, 0.25) is 0 Å². The highest BCUT2D eigenvalue weighted by Gasteiger charge is 2.20. The van der Waals surface area contributed by atoms with Crippen LogP contribution in [0.15, 0.2) is 24.3 Å².